The van der Waals surface area contributed by atoms with Gasteiger partial charge in [0.15, 0.2) is 6.10 Å². The highest BCUT2D eigenvalue weighted by Gasteiger charge is 2.42. The van der Waals surface area contributed by atoms with E-state index in [0.29, 0.717) is 24.8 Å². The molecule has 0 spiro atoms. The second kappa shape index (κ2) is 6.66. The average Bonchev–Trinajstić information content (AvgIpc) is 3.17. The molecule has 0 saturated carbocycles. The molecular weight excluding hydrogens is 401 g/mol. The Morgan fingerprint density at radius 2 is 2.04 bits per heavy atom. The van der Waals surface area contributed by atoms with Gasteiger partial charge in [0.05, 0.1) is 5.56 Å². The normalized spacial score (nSPS) is 21.3. The van der Waals surface area contributed by atoms with Crippen LogP contribution < -0.4 is 10.1 Å². The first-order valence-corrected chi connectivity index (χ1v) is 8.65. The Hall–Kier alpha value is -2.81. The molecule has 2 amide bonds. The van der Waals surface area contributed by atoms with Crippen LogP contribution in [0.2, 0.25) is 5.02 Å². The van der Waals surface area contributed by atoms with Crippen LogP contribution in [0.15, 0.2) is 30.5 Å². The van der Waals surface area contributed by atoms with Crippen LogP contribution in [-0.2, 0) is 22.1 Å². The summed E-state index contributed by atoms with van der Waals surface area (Å²) in [4.78, 5) is 26.7. The number of hydrogen-bond donors (Lipinski definition) is 1. The molecule has 2 aliphatic rings. The van der Waals surface area contributed by atoms with Crippen molar-refractivity contribution in [3.05, 3.63) is 52.2 Å². The molecule has 146 valence electrons. The number of fused-ring (bicyclic) bond motifs is 1. The second-order valence-corrected chi connectivity index (χ2v) is 6.84. The number of nitrogens with zero attached hydrogens (tertiary/aromatic N) is 1. The van der Waals surface area contributed by atoms with E-state index in [4.69, 9.17) is 21.1 Å². The molecule has 2 aromatic rings. The number of benzene rings is 1. The summed E-state index contributed by atoms with van der Waals surface area (Å²) < 4.78 is 48.7. The zero-order chi connectivity index (χ0) is 20.1. The summed E-state index contributed by atoms with van der Waals surface area (Å²) in [6, 6.07) is 5.79. The number of amides is 2. The van der Waals surface area contributed by atoms with Crippen molar-refractivity contribution in [1.29, 1.82) is 0 Å². The molecule has 28 heavy (non-hydrogen) atoms. The molecule has 1 saturated heterocycles. The van der Waals surface area contributed by atoms with Crippen LogP contribution in [0.4, 0.5) is 18.0 Å². The first kappa shape index (κ1) is 18.5. The number of cyclic esters (lactones) is 1. The molecule has 0 unspecified atom stereocenters. The van der Waals surface area contributed by atoms with E-state index in [9.17, 15) is 22.8 Å². The summed E-state index contributed by atoms with van der Waals surface area (Å²) in [6.45, 7) is 0. The molecule has 1 aromatic heterocycles. The summed E-state index contributed by atoms with van der Waals surface area (Å²) in [6.07, 6.45) is -4.28. The van der Waals surface area contributed by atoms with Gasteiger partial charge >= 0.3 is 12.3 Å². The minimum Gasteiger partial charge on any atom is -0.438 e. The van der Waals surface area contributed by atoms with Gasteiger partial charge in [0.2, 0.25) is 5.88 Å². The Balaban J connectivity index is 1.54. The highest BCUT2D eigenvalue weighted by Crippen LogP contribution is 2.41. The molecule has 1 aliphatic carbocycles. The van der Waals surface area contributed by atoms with Crippen molar-refractivity contribution in [3.63, 3.8) is 0 Å². The Bertz CT molecular complexity index is 980. The number of carbonyl (C=O) groups is 2. The zero-order valence-electron chi connectivity index (χ0n) is 14.0. The van der Waals surface area contributed by atoms with Crippen LogP contribution in [-0.4, -0.2) is 23.1 Å². The van der Waals surface area contributed by atoms with E-state index in [0.717, 1.165) is 17.2 Å². The fourth-order valence-corrected chi connectivity index (χ4v) is 3.61. The fourth-order valence-electron chi connectivity index (χ4n) is 3.41. The number of ether oxygens (including phenoxy) is 2. The van der Waals surface area contributed by atoms with Crippen LogP contribution in [0.5, 0.6) is 11.6 Å². The molecule has 1 fully saturated rings. The third-order valence-corrected chi connectivity index (χ3v) is 4.94. The van der Waals surface area contributed by atoms with Crippen molar-refractivity contribution in [2.45, 2.75) is 31.0 Å². The maximum atomic E-state index is 12.7. The minimum atomic E-state index is -4.55. The summed E-state index contributed by atoms with van der Waals surface area (Å²) in [7, 11) is 0. The summed E-state index contributed by atoms with van der Waals surface area (Å²) in [5.74, 6) is -0.526. The van der Waals surface area contributed by atoms with E-state index >= 15 is 0 Å². The lowest BCUT2D eigenvalue weighted by Crippen LogP contribution is -2.28. The van der Waals surface area contributed by atoms with Gasteiger partial charge in [0.25, 0.3) is 5.91 Å². The number of aromatic nitrogens is 1. The number of pyridine rings is 1. The fraction of sp³-hybridized carbons (Fsp3) is 0.278. The third kappa shape index (κ3) is 3.37. The number of imide groups is 1. The van der Waals surface area contributed by atoms with Crippen molar-refractivity contribution >= 4 is 23.6 Å². The van der Waals surface area contributed by atoms with E-state index in [1.165, 1.54) is 0 Å². The molecule has 2 atom stereocenters. The summed E-state index contributed by atoms with van der Waals surface area (Å²) >= 11 is 5.86. The first-order valence-electron chi connectivity index (χ1n) is 8.27. The molecule has 6 nitrogen and oxygen atoms in total. The van der Waals surface area contributed by atoms with Gasteiger partial charge in [-0.25, -0.2) is 9.78 Å². The summed E-state index contributed by atoms with van der Waals surface area (Å²) in [5.41, 5.74) is 0.779. The van der Waals surface area contributed by atoms with Crippen molar-refractivity contribution < 1.29 is 32.2 Å². The zero-order valence-corrected chi connectivity index (χ0v) is 14.8. The Kier molecular flexibility index (Phi) is 4.41. The Morgan fingerprint density at radius 1 is 1.25 bits per heavy atom. The van der Waals surface area contributed by atoms with Crippen LogP contribution in [0, 0.1) is 0 Å². The number of halogens is 4. The molecule has 10 heteroatoms. The van der Waals surface area contributed by atoms with Gasteiger partial charge < -0.3 is 9.47 Å². The number of rotatable bonds is 3. The topological polar surface area (TPSA) is 77.5 Å². The standard InChI is InChI=1S/C18H12ClF3N2O4/c19-13-6-9(18(20,21)22)7-23-16(13)27-10-2-4-11-8(5-10)1-3-12(11)14-15(25)24-17(26)28-14/h2,4-7,12,14H,1,3H2,(H,24,25,26)/t12-,14+/m1/s1. The minimum absolute atomic E-state index is 0.145. The van der Waals surface area contributed by atoms with Crippen molar-refractivity contribution in [2.75, 3.05) is 0 Å². The lowest BCUT2D eigenvalue weighted by molar-refractivity contribution is -0.137. The number of nitrogens with one attached hydrogen (secondary N) is 1. The van der Waals surface area contributed by atoms with E-state index in [2.05, 4.69) is 10.3 Å². The number of hydrogen-bond acceptors (Lipinski definition) is 5. The van der Waals surface area contributed by atoms with E-state index in [1.807, 2.05) is 0 Å². The van der Waals surface area contributed by atoms with Gasteiger partial charge in [-0.1, -0.05) is 17.7 Å². The number of aryl methyl sites for hydroxylation is 1. The van der Waals surface area contributed by atoms with Gasteiger partial charge in [-0.3, -0.25) is 10.1 Å². The van der Waals surface area contributed by atoms with Gasteiger partial charge in [-0.15, -0.1) is 0 Å². The van der Waals surface area contributed by atoms with Gasteiger partial charge in [-0.05, 0) is 42.2 Å². The van der Waals surface area contributed by atoms with E-state index in [-0.39, 0.29) is 16.8 Å². The van der Waals surface area contributed by atoms with Crippen LogP contribution >= 0.6 is 11.6 Å². The molecule has 1 aromatic carbocycles. The van der Waals surface area contributed by atoms with Gasteiger partial charge in [0, 0.05) is 12.1 Å². The maximum Gasteiger partial charge on any atom is 0.417 e. The summed E-state index contributed by atoms with van der Waals surface area (Å²) in [5, 5.41) is 1.85. The van der Waals surface area contributed by atoms with Gasteiger partial charge in [0.1, 0.15) is 10.8 Å². The number of alkyl halides is 3. The average molecular weight is 413 g/mol. The lowest BCUT2D eigenvalue weighted by Gasteiger charge is -2.16. The third-order valence-electron chi connectivity index (χ3n) is 4.67. The SMILES string of the molecule is O=C1NC(=O)[C@H]([C@@H]2CCc3cc(Oc4ncc(C(F)(F)F)cc4Cl)ccc32)O1. The Labute approximate surface area is 161 Å². The highest BCUT2D eigenvalue weighted by molar-refractivity contribution is 6.31. The Morgan fingerprint density at radius 3 is 2.68 bits per heavy atom. The van der Waals surface area contributed by atoms with Crippen molar-refractivity contribution in [2.24, 2.45) is 0 Å². The lowest BCUT2D eigenvalue weighted by atomic mass is 9.95. The molecule has 1 N–H and O–H groups in total. The smallest absolute Gasteiger partial charge is 0.417 e. The number of alkyl carbamates (subject to hydrolysis) is 1. The predicted molar refractivity (Wildman–Crippen MR) is 90.2 cm³/mol. The van der Waals surface area contributed by atoms with Crippen molar-refractivity contribution in [1.82, 2.24) is 10.3 Å². The molecule has 0 bridgehead atoms. The van der Waals surface area contributed by atoms with Crippen molar-refractivity contribution in [3.8, 4) is 11.6 Å². The highest BCUT2D eigenvalue weighted by atomic mass is 35.5. The molecule has 4 rings (SSSR count). The quantitative estimate of drug-likeness (QED) is 0.817. The molecule has 2 heterocycles. The monoisotopic (exact) mass is 412 g/mol. The van der Waals surface area contributed by atoms with E-state index < -0.39 is 29.8 Å². The molecule has 0 radical (unpaired) electrons. The van der Waals surface area contributed by atoms with Crippen LogP contribution in [0.3, 0.4) is 0 Å². The number of carbonyl (C=O) groups excluding carboxylic acids is 2. The van der Waals surface area contributed by atoms with Crippen LogP contribution in [0.25, 0.3) is 0 Å². The maximum absolute atomic E-state index is 12.7. The van der Waals surface area contributed by atoms with Gasteiger partial charge in [-0.2, -0.15) is 13.2 Å². The molecular formula is C18H12ClF3N2O4. The molecule has 1 aliphatic heterocycles. The van der Waals surface area contributed by atoms with E-state index in [1.54, 1.807) is 18.2 Å². The predicted octanol–water partition coefficient (Wildman–Crippen LogP) is 4.21. The first-order chi connectivity index (χ1) is 13.2. The second-order valence-electron chi connectivity index (χ2n) is 6.43. The van der Waals surface area contributed by atoms with Crippen LogP contribution in [0.1, 0.15) is 29.0 Å². The largest absolute Gasteiger partial charge is 0.438 e.